The Morgan fingerprint density at radius 1 is 1.30 bits per heavy atom. The van der Waals surface area contributed by atoms with Crippen LogP contribution >= 0.6 is 0 Å². The third-order valence-electron chi connectivity index (χ3n) is 3.00. The number of rotatable bonds is 10. The molecule has 0 aliphatic heterocycles. The van der Waals surface area contributed by atoms with Crippen LogP contribution in [0.2, 0.25) is 0 Å². The maximum Gasteiger partial charge on any atom is 0.211 e. The average Bonchev–Trinajstić information content (AvgIpc) is 2.77. The number of sulfonamides is 1. The van der Waals surface area contributed by atoms with Crippen molar-refractivity contribution in [3.8, 4) is 0 Å². The van der Waals surface area contributed by atoms with Crippen LogP contribution in [0.5, 0.6) is 0 Å². The van der Waals surface area contributed by atoms with Crippen molar-refractivity contribution in [2.75, 3.05) is 18.8 Å². The Balaban J connectivity index is 2.38. The van der Waals surface area contributed by atoms with Gasteiger partial charge in [0.1, 0.15) is 0 Å². The van der Waals surface area contributed by atoms with Crippen molar-refractivity contribution in [1.82, 2.24) is 19.8 Å². The fraction of sp³-hybridized carbons (Fsp3) is 0.769. The SMILES string of the molecule is CCCNCCCS(=O)(=O)NCc1cn(C)nc1CC. The molecule has 20 heavy (non-hydrogen) atoms. The summed E-state index contributed by atoms with van der Waals surface area (Å²) in [5.41, 5.74) is 1.89. The molecule has 116 valence electrons. The van der Waals surface area contributed by atoms with Gasteiger partial charge in [0.15, 0.2) is 0 Å². The van der Waals surface area contributed by atoms with Crippen LogP contribution in [0.3, 0.4) is 0 Å². The molecule has 0 atom stereocenters. The first-order chi connectivity index (χ1) is 9.48. The lowest BCUT2D eigenvalue weighted by Gasteiger charge is -2.07. The lowest BCUT2D eigenvalue weighted by Crippen LogP contribution is -2.28. The van der Waals surface area contributed by atoms with Gasteiger partial charge in [-0.05, 0) is 32.4 Å². The summed E-state index contributed by atoms with van der Waals surface area (Å²) in [6.07, 6.45) is 4.36. The third-order valence-corrected chi connectivity index (χ3v) is 4.41. The minimum Gasteiger partial charge on any atom is -0.317 e. The van der Waals surface area contributed by atoms with Crippen molar-refractivity contribution in [3.05, 3.63) is 17.5 Å². The fourth-order valence-electron chi connectivity index (χ4n) is 1.98. The lowest BCUT2D eigenvalue weighted by atomic mass is 10.2. The van der Waals surface area contributed by atoms with Crippen LogP contribution in [-0.2, 0) is 30.0 Å². The molecule has 0 saturated carbocycles. The number of nitrogens with one attached hydrogen (secondary N) is 2. The van der Waals surface area contributed by atoms with Crippen molar-refractivity contribution < 1.29 is 8.42 Å². The number of hydrogen-bond acceptors (Lipinski definition) is 4. The Labute approximate surface area is 122 Å². The molecule has 1 aromatic heterocycles. The average molecular weight is 302 g/mol. The molecule has 0 saturated heterocycles. The largest absolute Gasteiger partial charge is 0.317 e. The molecule has 6 nitrogen and oxygen atoms in total. The molecule has 7 heteroatoms. The molecule has 1 heterocycles. The van der Waals surface area contributed by atoms with E-state index in [4.69, 9.17) is 0 Å². The summed E-state index contributed by atoms with van der Waals surface area (Å²) in [5.74, 6) is 0.158. The molecule has 0 aromatic carbocycles. The predicted octanol–water partition coefficient (Wildman–Crippen LogP) is 0.792. The fourth-order valence-corrected chi connectivity index (χ4v) is 3.02. The van der Waals surface area contributed by atoms with E-state index in [0.29, 0.717) is 13.0 Å². The molecule has 2 N–H and O–H groups in total. The van der Waals surface area contributed by atoms with Crippen LogP contribution in [0.4, 0.5) is 0 Å². The maximum atomic E-state index is 11.9. The zero-order valence-corrected chi connectivity index (χ0v) is 13.5. The summed E-state index contributed by atoms with van der Waals surface area (Å²) in [4.78, 5) is 0. The number of nitrogens with zero attached hydrogens (tertiary/aromatic N) is 2. The van der Waals surface area contributed by atoms with Gasteiger partial charge in [0.25, 0.3) is 0 Å². The summed E-state index contributed by atoms with van der Waals surface area (Å²) < 4.78 is 28.1. The first-order valence-electron chi connectivity index (χ1n) is 7.18. The number of aryl methyl sites for hydroxylation is 2. The minimum absolute atomic E-state index is 0.158. The van der Waals surface area contributed by atoms with Crippen LogP contribution in [0.1, 0.15) is 37.9 Å². The van der Waals surface area contributed by atoms with E-state index < -0.39 is 10.0 Å². The maximum absolute atomic E-state index is 11.9. The van der Waals surface area contributed by atoms with E-state index in [2.05, 4.69) is 22.1 Å². The van der Waals surface area contributed by atoms with Crippen LogP contribution in [0.15, 0.2) is 6.20 Å². The summed E-state index contributed by atoms with van der Waals surface area (Å²) in [5, 5.41) is 7.49. The van der Waals surface area contributed by atoms with Crippen molar-refractivity contribution in [2.45, 2.75) is 39.7 Å². The van der Waals surface area contributed by atoms with Gasteiger partial charge >= 0.3 is 0 Å². The van der Waals surface area contributed by atoms with E-state index in [-0.39, 0.29) is 5.75 Å². The summed E-state index contributed by atoms with van der Waals surface area (Å²) in [6.45, 7) is 6.09. The molecule has 1 aromatic rings. The molecule has 0 aliphatic carbocycles. The molecular weight excluding hydrogens is 276 g/mol. The molecular formula is C13H26N4O2S. The third kappa shape index (κ3) is 6.02. The van der Waals surface area contributed by atoms with Gasteiger partial charge in [-0.15, -0.1) is 0 Å². The molecule has 0 bridgehead atoms. The molecule has 0 amide bonds. The first kappa shape index (κ1) is 17.1. The minimum atomic E-state index is -3.21. The van der Waals surface area contributed by atoms with E-state index in [1.165, 1.54) is 0 Å². The molecule has 0 aliphatic rings. The monoisotopic (exact) mass is 302 g/mol. The second-order valence-electron chi connectivity index (χ2n) is 4.87. The normalized spacial score (nSPS) is 11.9. The van der Waals surface area contributed by atoms with Gasteiger partial charge < -0.3 is 5.32 Å². The standard InChI is InChI=1S/C13H26N4O2S/c1-4-7-14-8-6-9-20(18,19)15-10-12-11-17(3)16-13(12)5-2/h11,14-15H,4-10H2,1-3H3. The Morgan fingerprint density at radius 2 is 2.05 bits per heavy atom. The van der Waals surface area contributed by atoms with E-state index in [1.807, 2.05) is 20.2 Å². The van der Waals surface area contributed by atoms with Gasteiger partial charge in [0.05, 0.1) is 11.4 Å². The summed E-state index contributed by atoms with van der Waals surface area (Å²) >= 11 is 0. The highest BCUT2D eigenvalue weighted by molar-refractivity contribution is 7.89. The topological polar surface area (TPSA) is 76.0 Å². The van der Waals surface area contributed by atoms with E-state index in [1.54, 1.807) is 4.68 Å². The molecule has 0 spiro atoms. The van der Waals surface area contributed by atoms with Crippen molar-refractivity contribution in [2.24, 2.45) is 7.05 Å². The van der Waals surface area contributed by atoms with Gasteiger partial charge in [-0.25, -0.2) is 13.1 Å². The highest BCUT2D eigenvalue weighted by Crippen LogP contribution is 2.07. The molecule has 0 radical (unpaired) electrons. The molecule has 0 unspecified atom stereocenters. The summed E-state index contributed by atoms with van der Waals surface area (Å²) in [7, 11) is -1.37. The zero-order valence-electron chi connectivity index (χ0n) is 12.6. The van der Waals surface area contributed by atoms with E-state index in [0.717, 1.165) is 37.2 Å². The Bertz CT molecular complexity index is 496. The quantitative estimate of drug-likeness (QED) is 0.627. The van der Waals surface area contributed by atoms with Crippen molar-refractivity contribution >= 4 is 10.0 Å². The second kappa shape index (κ2) is 8.39. The zero-order chi connectivity index (χ0) is 15.0. The highest BCUT2D eigenvalue weighted by atomic mass is 32.2. The van der Waals surface area contributed by atoms with Gasteiger partial charge in [0, 0.05) is 25.4 Å². The van der Waals surface area contributed by atoms with E-state index >= 15 is 0 Å². The van der Waals surface area contributed by atoms with Crippen LogP contribution in [-0.4, -0.2) is 37.0 Å². The Morgan fingerprint density at radius 3 is 2.70 bits per heavy atom. The predicted molar refractivity (Wildman–Crippen MR) is 81.0 cm³/mol. The van der Waals surface area contributed by atoms with Crippen LogP contribution in [0, 0.1) is 0 Å². The first-order valence-corrected chi connectivity index (χ1v) is 8.83. The van der Waals surface area contributed by atoms with E-state index in [9.17, 15) is 8.42 Å². The summed E-state index contributed by atoms with van der Waals surface area (Å²) in [6, 6.07) is 0. The van der Waals surface area contributed by atoms with Gasteiger partial charge in [-0.2, -0.15) is 5.10 Å². The Hall–Kier alpha value is -0.920. The Kier molecular flexibility index (Phi) is 7.18. The molecule has 0 fully saturated rings. The number of aromatic nitrogens is 2. The van der Waals surface area contributed by atoms with Gasteiger partial charge in [-0.3, -0.25) is 4.68 Å². The highest BCUT2D eigenvalue weighted by Gasteiger charge is 2.12. The van der Waals surface area contributed by atoms with Crippen LogP contribution in [0.25, 0.3) is 0 Å². The lowest BCUT2D eigenvalue weighted by molar-refractivity contribution is 0.574. The van der Waals surface area contributed by atoms with Crippen LogP contribution < -0.4 is 10.0 Å². The smallest absolute Gasteiger partial charge is 0.211 e. The molecule has 1 rings (SSSR count). The second-order valence-corrected chi connectivity index (χ2v) is 6.80. The van der Waals surface area contributed by atoms with Gasteiger partial charge in [-0.1, -0.05) is 13.8 Å². The van der Waals surface area contributed by atoms with Gasteiger partial charge in [0.2, 0.25) is 10.0 Å². The number of hydrogen-bond donors (Lipinski definition) is 2. The van der Waals surface area contributed by atoms with Crippen molar-refractivity contribution in [1.29, 1.82) is 0 Å². The van der Waals surface area contributed by atoms with Crippen molar-refractivity contribution in [3.63, 3.8) is 0 Å².